The van der Waals surface area contributed by atoms with E-state index in [4.69, 9.17) is 0 Å². The minimum atomic E-state index is -0.262. The van der Waals surface area contributed by atoms with Crippen LogP contribution in [-0.2, 0) is 11.2 Å². The molecule has 0 aliphatic rings. The fourth-order valence-electron chi connectivity index (χ4n) is 1.39. The van der Waals surface area contributed by atoms with Gasteiger partial charge in [-0.2, -0.15) is 0 Å². The molecule has 0 saturated heterocycles. The van der Waals surface area contributed by atoms with Crippen LogP contribution < -0.4 is 5.32 Å². The zero-order chi connectivity index (χ0) is 13.0. The molecule has 0 aliphatic carbocycles. The van der Waals surface area contributed by atoms with Gasteiger partial charge in [0.05, 0.1) is 4.83 Å². The molecule has 0 spiro atoms. The number of nitrogens with zero attached hydrogens (tertiary/aromatic N) is 1. The van der Waals surface area contributed by atoms with Gasteiger partial charge < -0.3 is 5.32 Å². The maximum absolute atomic E-state index is 11.9. The van der Waals surface area contributed by atoms with E-state index >= 15 is 0 Å². The molecule has 1 heterocycles. The van der Waals surface area contributed by atoms with E-state index < -0.39 is 0 Å². The summed E-state index contributed by atoms with van der Waals surface area (Å²) in [6, 6.07) is 7.92. The van der Waals surface area contributed by atoms with Crippen LogP contribution in [0.4, 0.5) is 5.13 Å². The van der Waals surface area contributed by atoms with Crippen LogP contribution in [0.2, 0.25) is 0 Å². The molecule has 18 heavy (non-hydrogen) atoms. The quantitative estimate of drug-likeness (QED) is 0.807. The standard InChI is InChI=1S/C12H10Br2N2OS/c13-9-3-1-8(2-4-9)7-10(14)11(17)16-12-15-5-6-18-12/h1-6,10H,7H2,(H,15,16,17). The topological polar surface area (TPSA) is 42.0 Å². The first-order valence-electron chi connectivity index (χ1n) is 5.24. The lowest BCUT2D eigenvalue weighted by molar-refractivity contribution is -0.115. The molecule has 6 heteroatoms. The Bertz CT molecular complexity index is 513. The van der Waals surface area contributed by atoms with E-state index in [0.29, 0.717) is 11.6 Å². The van der Waals surface area contributed by atoms with Crippen LogP contribution in [0.3, 0.4) is 0 Å². The Morgan fingerprint density at radius 2 is 2.11 bits per heavy atom. The molecule has 2 aromatic rings. The molecule has 0 bridgehead atoms. The Morgan fingerprint density at radius 1 is 1.39 bits per heavy atom. The van der Waals surface area contributed by atoms with Crippen molar-refractivity contribution in [2.24, 2.45) is 0 Å². The van der Waals surface area contributed by atoms with Crippen molar-refractivity contribution in [2.75, 3.05) is 5.32 Å². The normalized spacial score (nSPS) is 12.1. The zero-order valence-electron chi connectivity index (χ0n) is 9.27. The summed E-state index contributed by atoms with van der Waals surface area (Å²) in [5, 5.41) is 5.22. The molecular formula is C12H10Br2N2OS. The number of halogens is 2. The molecule has 94 valence electrons. The first-order valence-corrected chi connectivity index (χ1v) is 7.83. The average molecular weight is 390 g/mol. The second-order valence-corrected chi connectivity index (χ2v) is 6.54. The number of alkyl halides is 1. The summed E-state index contributed by atoms with van der Waals surface area (Å²) in [5.41, 5.74) is 1.11. The summed E-state index contributed by atoms with van der Waals surface area (Å²) in [4.78, 5) is 15.6. The van der Waals surface area contributed by atoms with E-state index in [1.165, 1.54) is 11.3 Å². The molecule has 1 aromatic carbocycles. The number of rotatable bonds is 4. The van der Waals surface area contributed by atoms with Gasteiger partial charge in [0, 0.05) is 16.0 Å². The number of amides is 1. The van der Waals surface area contributed by atoms with Crippen LogP contribution in [0.25, 0.3) is 0 Å². The molecule has 2 rings (SSSR count). The molecule has 0 saturated carbocycles. The Balaban J connectivity index is 1.93. The van der Waals surface area contributed by atoms with E-state index in [-0.39, 0.29) is 10.7 Å². The first kappa shape index (κ1) is 13.7. The van der Waals surface area contributed by atoms with E-state index in [2.05, 4.69) is 42.2 Å². The Labute approximate surface area is 126 Å². The van der Waals surface area contributed by atoms with Gasteiger partial charge in [-0.05, 0) is 24.1 Å². The summed E-state index contributed by atoms with van der Waals surface area (Å²) in [6.07, 6.45) is 2.31. The second kappa shape index (κ2) is 6.45. The maximum Gasteiger partial charge on any atom is 0.240 e. The summed E-state index contributed by atoms with van der Waals surface area (Å²) in [6.45, 7) is 0. The van der Waals surface area contributed by atoms with Gasteiger partial charge >= 0.3 is 0 Å². The van der Waals surface area contributed by atoms with Crippen LogP contribution in [0.1, 0.15) is 5.56 Å². The number of aromatic nitrogens is 1. The van der Waals surface area contributed by atoms with E-state index in [0.717, 1.165) is 10.0 Å². The van der Waals surface area contributed by atoms with Crippen LogP contribution in [0, 0.1) is 0 Å². The summed E-state index contributed by atoms with van der Waals surface area (Å²) in [5.74, 6) is -0.0760. The highest BCUT2D eigenvalue weighted by atomic mass is 79.9. The van der Waals surface area contributed by atoms with Crippen molar-refractivity contribution in [3.63, 3.8) is 0 Å². The van der Waals surface area contributed by atoms with Gasteiger partial charge in [0.25, 0.3) is 0 Å². The third kappa shape index (κ3) is 3.90. The number of nitrogens with one attached hydrogen (secondary N) is 1. The average Bonchev–Trinajstić information content (AvgIpc) is 2.85. The molecule has 1 amide bonds. The fraction of sp³-hybridized carbons (Fsp3) is 0.167. The van der Waals surface area contributed by atoms with Crippen molar-refractivity contribution in [3.05, 3.63) is 45.9 Å². The summed E-state index contributed by atoms with van der Waals surface area (Å²) in [7, 11) is 0. The van der Waals surface area contributed by atoms with Crippen molar-refractivity contribution in [2.45, 2.75) is 11.2 Å². The van der Waals surface area contributed by atoms with Crippen LogP contribution in [0.5, 0.6) is 0 Å². The van der Waals surface area contributed by atoms with Gasteiger partial charge in [-0.15, -0.1) is 11.3 Å². The second-order valence-electron chi connectivity index (χ2n) is 3.62. The van der Waals surface area contributed by atoms with Gasteiger partial charge in [0.1, 0.15) is 0 Å². The molecule has 1 atom stereocenters. The number of anilines is 1. The molecule has 1 aromatic heterocycles. The summed E-state index contributed by atoms with van der Waals surface area (Å²) < 4.78 is 1.03. The fourth-order valence-corrected chi connectivity index (χ4v) is 2.67. The highest BCUT2D eigenvalue weighted by Crippen LogP contribution is 2.17. The Hall–Kier alpha value is -0.720. The summed E-state index contributed by atoms with van der Waals surface area (Å²) >= 11 is 8.19. The number of thiazole rings is 1. The maximum atomic E-state index is 11.9. The molecule has 3 nitrogen and oxygen atoms in total. The van der Waals surface area contributed by atoms with Crippen molar-refractivity contribution < 1.29 is 4.79 Å². The van der Waals surface area contributed by atoms with Gasteiger partial charge in [-0.25, -0.2) is 4.98 Å². The van der Waals surface area contributed by atoms with Gasteiger partial charge in [-0.1, -0.05) is 44.0 Å². The zero-order valence-corrected chi connectivity index (χ0v) is 13.3. The number of hydrogen-bond donors (Lipinski definition) is 1. The number of benzene rings is 1. The van der Waals surface area contributed by atoms with Crippen molar-refractivity contribution in [1.29, 1.82) is 0 Å². The Kier molecular flexibility index (Phi) is 4.91. The van der Waals surface area contributed by atoms with Crippen LogP contribution >= 0.6 is 43.2 Å². The first-order chi connectivity index (χ1) is 8.65. The lowest BCUT2D eigenvalue weighted by Gasteiger charge is -2.09. The molecule has 1 unspecified atom stereocenters. The lowest BCUT2D eigenvalue weighted by Crippen LogP contribution is -2.24. The van der Waals surface area contributed by atoms with E-state index in [1.807, 2.05) is 29.6 Å². The molecule has 0 fully saturated rings. The SMILES string of the molecule is O=C(Nc1nccs1)C(Br)Cc1ccc(Br)cc1. The van der Waals surface area contributed by atoms with Crippen molar-refractivity contribution in [1.82, 2.24) is 4.98 Å². The monoisotopic (exact) mass is 388 g/mol. The lowest BCUT2D eigenvalue weighted by atomic mass is 10.1. The van der Waals surface area contributed by atoms with Crippen molar-refractivity contribution >= 4 is 54.2 Å². The largest absolute Gasteiger partial charge is 0.301 e. The highest BCUT2D eigenvalue weighted by molar-refractivity contribution is 9.10. The van der Waals surface area contributed by atoms with Crippen LogP contribution in [0.15, 0.2) is 40.3 Å². The van der Waals surface area contributed by atoms with E-state index in [9.17, 15) is 4.79 Å². The van der Waals surface area contributed by atoms with Gasteiger partial charge in [0.2, 0.25) is 5.91 Å². The predicted molar refractivity (Wildman–Crippen MR) is 81.3 cm³/mol. The number of carbonyl (C=O) groups excluding carboxylic acids is 1. The third-order valence-corrected chi connectivity index (χ3v) is 4.23. The minimum absolute atomic E-state index is 0.0760. The predicted octanol–water partition coefficient (Wildman–Crippen LogP) is 3.85. The molecule has 1 N–H and O–H groups in total. The molecule has 0 radical (unpaired) electrons. The number of carbonyl (C=O) groups is 1. The number of hydrogen-bond acceptors (Lipinski definition) is 3. The highest BCUT2D eigenvalue weighted by Gasteiger charge is 2.16. The minimum Gasteiger partial charge on any atom is -0.301 e. The van der Waals surface area contributed by atoms with Gasteiger partial charge in [0.15, 0.2) is 5.13 Å². The third-order valence-electron chi connectivity index (χ3n) is 2.28. The van der Waals surface area contributed by atoms with E-state index in [1.54, 1.807) is 6.20 Å². The molecular weight excluding hydrogens is 380 g/mol. The van der Waals surface area contributed by atoms with Crippen LogP contribution in [-0.4, -0.2) is 15.7 Å². The Morgan fingerprint density at radius 3 is 2.72 bits per heavy atom. The molecule has 0 aliphatic heterocycles. The van der Waals surface area contributed by atoms with Gasteiger partial charge in [-0.3, -0.25) is 4.79 Å². The van der Waals surface area contributed by atoms with Crippen molar-refractivity contribution in [3.8, 4) is 0 Å². The smallest absolute Gasteiger partial charge is 0.240 e.